The second-order valence-corrected chi connectivity index (χ2v) is 8.93. The van der Waals surface area contributed by atoms with Crippen LogP contribution in [0.4, 0.5) is 0 Å². The van der Waals surface area contributed by atoms with Crippen LogP contribution < -0.4 is 18.9 Å². The van der Waals surface area contributed by atoms with E-state index in [4.69, 9.17) is 18.9 Å². The molecule has 0 atom stereocenters. The predicted molar refractivity (Wildman–Crippen MR) is 154 cm³/mol. The first-order chi connectivity index (χ1) is 19.5. The first-order valence-electron chi connectivity index (χ1n) is 12.3. The van der Waals surface area contributed by atoms with Crippen LogP contribution >= 0.6 is 0 Å². The number of rotatable bonds is 10. The Balaban J connectivity index is 1.82. The molecule has 0 saturated heterocycles. The number of carbonyl (C=O) groups excluding carboxylic acids is 4. The fraction of sp³-hybridized carbons (Fsp3) is 0.0909. The SMILES string of the molecule is C=CC(=O)Oc1ccc(/C=C(\C)C(=O)Oc2ccc(-c3ccc(OC(=O)C(=C)C)cc3)c(OC(=O)C(=C)C)c2)cc1. The summed E-state index contributed by atoms with van der Waals surface area (Å²) in [6.07, 6.45) is 2.67. The zero-order valence-corrected chi connectivity index (χ0v) is 22.9. The highest BCUT2D eigenvalue weighted by Crippen LogP contribution is 2.35. The summed E-state index contributed by atoms with van der Waals surface area (Å²) in [5.74, 6) is -1.45. The van der Waals surface area contributed by atoms with Crippen molar-refractivity contribution in [2.45, 2.75) is 20.8 Å². The van der Waals surface area contributed by atoms with Crippen molar-refractivity contribution in [1.82, 2.24) is 0 Å². The first-order valence-corrected chi connectivity index (χ1v) is 12.3. The van der Waals surface area contributed by atoms with E-state index >= 15 is 0 Å². The second kappa shape index (κ2) is 13.5. The van der Waals surface area contributed by atoms with Crippen LogP contribution in [0.3, 0.4) is 0 Å². The minimum Gasteiger partial charge on any atom is -0.423 e. The van der Waals surface area contributed by atoms with Gasteiger partial charge in [0, 0.05) is 34.4 Å². The molecule has 0 aliphatic rings. The second-order valence-electron chi connectivity index (χ2n) is 8.93. The van der Waals surface area contributed by atoms with Crippen molar-refractivity contribution in [3.05, 3.63) is 115 Å². The highest BCUT2D eigenvalue weighted by atomic mass is 16.6. The Morgan fingerprint density at radius 2 is 1.15 bits per heavy atom. The molecule has 0 N–H and O–H groups in total. The maximum absolute atomic E-state index is 12.8. The largest absolute Gasteiger partial charge is 0.423 e. The van der Waals surface area contributed by atoms with Crippen molar-refractivity contribution in [2.24, 2.45) is 0 Å². The van der Waals surface area contributed by atoms with Gasteiger partial charge in [0.15, 0.2) is 0 Å². The number of esters is 4. The van der Waals surface area contributed by atoms with Crippen molar-refractivity contribution in [2.75, 3.05) is 0 Å². The van der Waals surface area contributed by atoms with E-state index in [0.717, 1.165) is 6.08 Å². The summed E-state index contributed by atoms with van der Waals surface area (Å²) >= 11 is 0. The van der Waals surface area contributed by atoms with Crippen LogP contribution in [-0.4, -0.2) is 23.9 Å². The van der Waals surface area contributed by atoms with Gasteiger partial charge < -0.3 is 18.9 Å². The van der Waals surface area contributed by atoms with Gasteiger partial charge in [-0.15, -0.1) is 0 Å². The highest BCUT2D eigenvalue weighted by molar-refractivity contribution is 5.95. The average Bonchev–Trinajstić information content (AvgIpc) is 2.94. The van der Waals surface area contributed by atoms with Gasteiger partial charge in [-0.25, -0.2) is 19.2 Å². The predicted octanol–water partition coefficient (Wildman–Crippen LogP) is 6.42. The van der Waals surface area contributed by atoms with Crippen molar-refractivity contribution in [3.63, 3.8) is 0 Å². The van der Waals surface area contributed by atoms with Crippen LogP contribution in [0.15, 0.2) is 109 Å². The Morgan fingerprint density at radius 3 is 1.73 bits per heavy atom. The lowest BCUT2D eigenvalue weighted by Crippen LogP contribution is -2.11. The smallest absolute Gasteiger partial charge is 0.339 e. The minimum atomic E-state index is -0.653. The van der Waals surface area contributed by atoms with E-state index in [1.54, 1.807) is 80.6 Å². The van der Waals surface area contributed by atoms with Crippen LogP contribution in [0.2, 0.25) is 0 Å². The van der Waals surface area contributed by atoms with Crippen molar-refractivity contribution in [1.29, 1.82) is 0 Å². The lowest BCUT2D eigenvalue weighted by molar-refractivity contribution is -0.131. The molecule has 3 rings (SSSR count). The quantitative estimate of drug-likeness (QED) is 0.161. The van der Waals surface area contributed by atoms with Crippen LogP contribution in [0.1, 0.15) is 26.3 Å². The molecule has 0 amide bonds. The standard InChI is InChI=1S/C33H28O8/c1-7-30(34)38-25-12-8-23(9-13-25)18-22(6)33(37)40-27-16-17-28(29(19-27)41-32(36)21(4)5)24-10-14-26(15-11-24)39-31(35)20(2)3/h7-19H,1-2,4H2,3,5-6H3/b22-18+. The molecule has 0 saturated carbocycles. The van der Waals surface area contributed by atoms with Gasteiger partial charge >= 0.3 is 23.9 Å². The maximum Gasteiger partial charge on any atom is 0.339 e. The average molecular weight is 553 g/mol. The summed E-state index contributed by atoms with van der Waals surface area (Å²) in [4.78, 5) is 48.3. The molecule has 8 nitrogen and oxygen atoms in total. The number of ether oxygens (including phenoxy) is 4. The summed E-state index contributed by atoms with van der Waals surface area (Å²) in [6, 6.07) is 17.7. The molecule has 0 spiro atoms. The molecule has 0 aliphatic heterocycles. The lowest BCUT2D eigenvalue weighted by atomic mass is 10.0. The van der Waals surface area contributed by atoms with Crippen LogP contribution in [-0.2, 0) is 19.2 Å². The molecule has 41 heavy (non-hydrogen) atoms. The monoisotopic (exact) mass is 552 g/mol. The van der Waals surface area contributed by atoms with Gasteiger partial charge in [-0.3, -0.25) is 0 Å². The van der Waals surface area contributed by atoms with E-state index in [-0.39, 0.29) is 22.6 Å². The van der Waals surface area contributed by atoms with E-state index in [9.17, 15) is 19.2 Å². The number of benzene rings is 3. The molecule has 8 heteroatoms. The van der Waals surface area contributed by atoms with E-state index in [1.807, 2.05) is 0 Å². The third kappa shape index (κ3) is 8.49. The zero-order chi connectivity index (χ0) is 30.1. The van der Waals surface area contributed by atoms with Crippen LogP contribution in [0, 0.1) is 0 Å². The zero-order valence-electron chi connectivity index (χ0n) is 22.9. The molecule has 0 fully saturated rings. The van der Waals surface area contributed by atoms with Gasteiger partial charge in [-0.1, -0.05) is 44.0 Å². The van der Waals surface area contributed by atoms with Gasteiger partial charge in [0.2, 0.25) is 0 Å². The van der Waals surface area contributed by atoms with E-state index in [0.29, 0.717) is 33.8 Å². The molecular weight excluding hydrogens is 524 g/mol. The molecule has 3 aromatic carbocycles. The molecule has 208 valence electrons. The van der Waals surface area contributed by atoms with Crippen molar-refractivity contribution >= 4 is 30.0 Å². The van der Waals surface area contributed by atoms with E-state index in [1.165, 1.54) is 13.0 Å². The molecule has 0 bridgehead atoms. The third-order valence-electron chi connectivity index (χ3n) is 5.41. The van der Waals surface area contributed by atoms with Crippen molar-refractivity contribution in [3.8, 4) is 34.1 Å². The number of carbonyl (C=O) groups is 4. The fourth-order valence-electron chi connectivity index (χ4n) is 3.26. The molecule has 0 unspecified atom stereocenters. The van der Waals surface area contributed by atoms with Gasteiger partial charge in [-0.05, 0) is 74.4 Å². The van der Waals surface area contributed by atoms with E-state index < -0.39 is 23.9 Å². The molecule has 0 aliphatic carbocycles. The Morgan fingerprint density at radius 1 is 0.634 bits per heavy atom. The third-order valence-corrected chi connectivity index (χ3v) is 5.41. The Hall–Kier alpha value is -5.50. The fourth-order valence-corrected chi connectivity index (χ4v) is 3.26. The topological polar surface area (TPSA) is 105 Å². The molecule has 0 heterocycles. The summed E-state index contributed by atoms with van der Waals surface area (Å²) in [7, 11) is 0. The Labute approximate surface area is 237 Å². The van der Waals surface area contributed by atoms with E-state index in [2.05, 4.69) is 19.7 Å². The first kappa shape index (κ1) is 30.0. The Kier molecular flexibility index (Phi) is 9.91. The molecule has 0 aromatic heterocycles. The van der Waals surface area contributed by atoms with Crippen LogP contribution in [0.5, 0.6) is 23.0 Å². The highest BCUT2D eigenvalue weighted by Gasteiger charge is 2.16. The molecule has 3 aromatic rings. The van der Waals surface area contributed by atoms with Gasteiger partial charge in [0.25, 0.3) is 0 Å². The van der Waals surface area contributed by atoms with Gasteiger partial charge in [0.05, 0.1) is 0 Å². The minimum absolute atomic E-state index is 0.140. The molecular formula is C33H28O8. The molecule has 0 radical (unpaired) electrons. The summed E-state index contributed by atoms with van der Waals surface area (Å²) in [5, 5.41) is 0. The number of hydrogen-bond acceptors (Lipinski definition) is 8. The summed E-state index contributed by atoms with van der Waals surface area (Å²) < 4.78 is 21.3. The number of hydrogen-bond donors (Lipinski definition) is 0. The normalized spacial score (nSPS) is 10.7. The summed E-state index contributed by atoms with van der Waals surface area (Å²) in [5.41, 5.74) is 2.61. The van der Waals surface area contributed by atoms with Gasteiger partial charge in [-0.2, -0.15) is 0 Å². The van der Waals surface area contributed by atoms with Gasteiger partial charge in [0.1, 0.15) is 23.0 Å². The van der Waals surface area contributed by atoms with Crippen molar-refractivity contribution < 1.29 is 38.1 Å². The maximum atomic E-state index is 12.8. The lowest BCUT2D eigenvalue weighted by Gasteiger charge is -2.13. The Bertz CT molecular complexity index is 1560. The summed E-state index contributed by atoms with van der Waals surface area (Å²) in [6.45, 7) is 15.2. The van der Waals surface area contributed by atoms with Crippen LogP contribution in [0.25, 0.3) is 17.2 Å².